The number of hydrogen-bond donors (Lipinski definition) is 0. The van der Waals surface area contributed by atoms with Crippen LogP contribution in [0.25, 0.3) is 0 Å². The highest BCUT2D eigenvalue weighted by Gasteiger charge is 2.40. The fourth-order valence-electron chi connectivity index (χ4n) is 1.91. The Morgan fingerprint density at radius 1 is 1.36 bits per heavy atom. The standard InChI is InChI=1S/C10H14O/c11-10-6-4-2-1-3-5-8-7-9(8)10/h4,6,8-9H,1-3,5,7H2/b6-4-/t8-,9-/m0/s1. The molecule has 0 aliphatic heterocycles. The number of rotatable bonds is 0. The molecule has 1 fully saturated rings. The molecule has 0 saturated heterocycles. The maximum atomic E-state index is 11.3. The highest BCUT2D eigenvalue weighted by molar-refractivity contribution is 5.93. The summed E-state index contributed by atoms with van der Waals surface area (Å²) in [5.74, 6) is 1.56. The van der Waals surface area contributed by atoms with Crippen LogP contribution in [0.15, 0.2) is 12.2 Å². The van der Waals surface area contributed by atoms with Gasteiger partial charge in [0, 0.05) is 5.92 Å². The third-order valence-corrected chi connectivity index (χ3v) is 2.77. The van der Waals surface area contributed by atoms with Gasteiger partial charge in [-0.05, 0) is 37.7 Å². The van der Waals surface area contributed by atoms with Gasteiger partial charge in [-0.2, -0.15) is 0 Å². The molecule has 60 valence electrons. The third kappa shape index (κ3) is 1.52. The van der Waals surface area contributed by atoms with Gasteiger partial charge in [0.15, 0.2) is 5.78 Å². The van der Waals surface area contributed by atoms with E-state index < -0.39 is 0 Å². The van der Waals surface area contributed by atoms with Crippen molar-refractivity contribution in [2.75, 3.05) is 0 Å². The largest absolute Gasteiger partial charge is 0.295 e. The zero-order chi connectivity index (χ0) is 7.68. The van der Waals surface area contributed by atoms with Crippen LogP contribution in [0.3, 0.4) is 0 Å². The molecule has 0 N–H and O–H groups in total. The van der Waals surface area contributed by atoms with Crippen LogP contribution in [0.2, 0.25) is 0 Å². The number of ketones is 1. The maximum Gasteiger partial charge on any atom is 0.158 e. The van der Waals surface area contributed by atoms with Crippen LogP contribution in [0.4, 0.5) is 0 Å². The van der Waals surface area contributed by atoms with Crippen LogP contribution < -0.4 is 0 Å². The SMILES string of the molecule is O=C1/C=C\CCCC[C@H]2C[C@H]12. The molecule has 0 radical (unpaired) electrons. The van der Waals surface area contributed by atoms with Gasteiger partial charge >= 0.3 is 0 Å². The molecule has 11 heavy (non-hydrogen) atoms. The van der Waals surface area contributed by atoms with Crippen LogP contribution in [-0.2, 0) is 4.79 Å². The molecule has 0 unspecified atom stereocenters. The van der Waals surface area contributed by atoms with E-state index in [1.54, 1.807) is 6.08 Å². The minimum Gasteiger partial charge on any atom is -0.295 e. The van der Waals surface area contributed by atoms with Crippen molar-refractivity contribution in [3.63, 3.8) is 0 Å². The van der Waals surface area contributed by atoms with Gasteiger partial charge < -0.3 is 0 Å². The molecule has 2 aliphatic rings. The summed E-state index contributed by atoms with van der Waals surface area (Å²) in [6, 6.07) is 0. The molecular formula is C10H14O. The summed E-state index contributed by atoms with van der Waals surface area (Å²) in [5, 5.41) is 0. The lowest BCUT2D eigenvalue weighted by molar-refractivity contribution is -0.116. The lowest BCUT2D eigenvalue weighted by Crippen LogP contribution is -1.96. The first-order chi connectivity index (χ1) is 5.38. The first-order valence-electron chi connectivity index (χ1n) is 4.58. The van der Waals surface area contributed by atoms with E-state index in [-0.39, 0.29) is 0 Å². The quantitative estimate of drug-likeness (QED) is 0.518. The Kier molecular flexibility index (Phi) is 1.80. The van der Waals surface area contributed by atoms with Gasteiger partial charge in [-0.25, -0.2) is 0 Å². The molecular weight excluding hydrogens is 136 g/mol. The van der Waals surface area contributed by atoms with E-state index in [2.05, 4.69) is 0 Å². The van der Waals surface area contributed by atoms with Gasteiger partial charge in [-0.15, -0.1) is 0 Å². The lowest BCUT2D eigenvalue weighted by atomic mass is 10.1. The fourth-order valence-corrected chi connectivity index (χ4v) is 1.91. The highest BCUT2D eigenvalue weighted by atomic mass is 16.1. The van der Waals surface area contributed by atoms with E-state index in [0.717, 1.165) is 12.3 Å². The molecule has 0 bridgehead atoms. The molecule has 2 rings (SSSR count). The number of carbonyl (C=O) groups excluding carboxylic acids is 1. The lowest BCUT2D eigenvalue weighted by Gasteiger charge is -1.93. The Labute approximate surface area is 67.5 Å². The minimum atomic E-state index is 0.386. The molecule has 0 spiro atoms. The molecule has 1 nitrogen and oxygen atoms in total. The molecule has 2 aliphatic carbocycles. The van der Waals surface area contributed by atoms with Crippen LogP contribution in [0.5, 0.6) is 0 Å². The first-order valence-corrected chi connectivity index (χ1v) is 4.58. The zero-order valence-corrected chi connectivity index (χ0v) is 6.75. The Hall–Kier alpha value is -0.590. The summed E-state index contributed by atoms with van der Waals surface area (Å²) in [5.41, 5.74) is 0. The highest BCUT2D eigenvalue weighted by Crippen LogP contribution is 2.43. The van der Waals surface area contributed by atoms with Crippen molar-refractivity contribution in [2.45, 2.75) is 32.1 Å². The average molecular weight is 150 g/mol. The Bertz CT molecular complexity index is 193. The predicted molar refractivity (Wildman–Crippen MR) is 44.2 cm³/mol. The molecule has 0 aromatic carbocycles. The van der Waals surface area contributed by atoms with E-state index in [4.69, 9.17) is 0 Å². The molecule has 2 atom stereocenters. The second-order valence-corrected chi connectivity index (χ2v) is 3.69. The molecule has 1 heteroatoms. The van der Waals surface area contributed by atoms with E-state index in [9.17, 15) is 4.79 Å². The number of allylic oxidation sites excluding steroid dienone is 2. The predicted octanol–water partition coefficient (Wildman–Crippen LogP) is 2.32. The van der Waals surface area contributed by atoms with Gasteiger partial charge in [0.05, 0.1) is 0 Å². The van der Waals surface area contributed by atoms with E-state index >= 15 is 0 Å². The minimum absolute atomic E-state index is 0.386. The number of hydrogen-bond acceptors (Lipinski definition) is 1. The van der Waals surface area contributed by atoms with Crippen LogP contribution in [0, 0.1) is 11.8 Å². The van der Waals surface area contributed by atoms with E-state index in [0.29, 0.717) is 11.7 Å². The summed E-state index contributed by atoms with van der Waals surface area (Å²) in [7, 11) is 0. The monoisotopic (exact) mass is 150 g/mol. The van der Waals surface area contributed by atoms with Crippen LogP contribution in [-0.4, -0.2) is 5.78 Å². The third-order valence-electron chi connectivity index (χ3n) is 2.77. The topological polar surface area (TPSA) is 17.1 Å². The fraction of sp³-hybridized carbons (Fsp3) is 0.700. The summed E-state index contributed by atoms with van der Waals surface area (Å²) < 4.78 is 0. The van der Waals surface area contributed by atoms with Crippen molar-refractivity contribution in [1.29, 1.82) is 0 Å². The summed E-state index contributed by atoms with van der Waals surface area (Å²) in [4.78, 5) is 11.3. The first kappa shape index (κ1) is 7.08. The van der Waals surface area contributed by atoms with Crippen LogP contribution >= 0.6 is 0 Å². The van der Waals surface area contributed by atoms with Crippen molar-refractivity contribution in [2.24, 2.45) is 11.8 Å². The van der Waals surface area contributed by atoms with Crippen molar-refractivity contribution in [1.82, 2.24) is 0 Å². The Balaban J connectivity index is 2.01. The second kappa shape index (κ2) is 2.80. The van der Waals surface area contributed by atoms with E-state index in [1.807, 2.05) is 6.08 Å². The zero-order valence-electron chi connectivity index (χ0n) is 6.75. The summed E-state index contributed by atoms with van der Waals surface area (Å²) in [6.45, 7) is 0. The van der Waals surface area contributed by atoms with Gasteiger partial charge in [0.25, 0.3) is 0 Å². The number of carbonyl (C=O) groups is 1. The van der Waals surface area contributed by atoms with Gasteiger partial charge in [-0.3, -0.25) is 4.79 Å². The second-order valence-electron chi connectivity index (χ2n) is 3.69. The normalized spacial score (nSPS) is 39.8. The van der Waals surface area contributed by atoms with Crippen molar-refractivity contribution < 1.29 is 4.79 Å². The molecule has 1 saturated carbocycles. The van der Waals surface area contributed by atoms with Crippen molar-refractivity contribution >= 4 is 5.78 Å². The van der Waals surface area contributed by atoms with Gasteiger partial charge in [0.2, 0.25) is 0 Å². The van der Waals surface area contributed by atoms with Crippen molar-refractivity contribution in [3.8, 4) is 0 Å². The summed E-state index contributed by atoms with van der Waals surface area (Å²) >= 11 is 0. The molecule has 0 amide bonds. The molecule has 0 heterocycles. The smallest absolute Gasteiger partial charge is 0.158 e. The maximum absolute atomic E-state index is 11.3. The molecule has 0 aromatic heterocycles. The van der Waals surface area contributed by atoms with Crippen molar-refractivity contribution in [3.05, 3.63) is 12.2 Å². The molecule has 0 aromatic rings. The Morgan fingerprint density at radius 2 is 2.27 bits per heavy atom. The van der Waals surface area contributed by atoms with Gasteiger partial charge in [-0.1, -0.05) is 12.5 Å². The Morgan fingerprint density at radius 3 is 3.18 bits per heavy atom. The van der Waals surface area contributed by atoms with Gasteiger partial charge in [0.1, 0.15) is 0 Å². The number of fused-ring (bicyclic) bond motifs is 1. The average Bonchev–Trinajstić information content (AvgIpc) is 2.74. The van der Waals surface area contributed by atoms with E-state index in [1.165, 1.54) is 25.7 Å². The summed E-state index contributed by atoms with van der Waals surface area (Å²) in [6.07, 6.45) is 10.00. The van der Waals surface area contributed by atoms with Crippen LogP contribution in [0.1, 0.15) is 32.1 Å².